The van der Waals surface area contributed by atoms with E-state index in [9.17, 15) is 0 Å². The van der Waals surface area contributed by atoms with Gasteiger partial charge < -0.3 is 20.1 Å². The predicted octanol–water partition coefficient (Wildman–Crippen LogP) is 3.02. The van der Waals surface area contributed by atoms with E-state index in [1.54, 1.807) is 0 Å². The normalized spacial score (nSPS) is 20.9. The smallest absolute Gasteiger partial charge is 0.191 e. The van der Waals surface area contributed by atoms with Crippen LogP contribution >= 0.6 is 0 Å². The molecule has 1 heterocycles. The summed E-state index contributed by atoms with van der Waals surface area (Å²) in [6, 6.07) is 6.24. The standard InChI is InChI=1S/C19H31N3O2/c1-5-20-18(22-14-19(4)10-7-11-24-19)21-13-16-8-9-17(23-6-2)15(3)12-16/h8-9,12H,5-7,10-11,13-14H2,1-4H3,(H2,20,21,22). The van der Waals surface area contributed by atoms with Crippen molar-refractivity contribution in [3.05, 3.63) is 29.3 Å². The van der Waals surface area contributed by atoms with Crippen molar-refractivity contribution in [2.45, 2.75) is 52.7 Å². The highest BCUT2D eigenvalue weighted by atomic mass is 16.5. The van der Waals surface area contributed by atoms with Crippen LogP contribution in [-0.4, -0.2) is 37.9 Å². The Labute approximate surface area is 145 Å². The molecule has 5 nitrogen and oxygen atoms in total. The second-order valence-electron chi connectivity index (χ2n) is 6.48. The SMILES string of the molecule is CCNC(=NCc1ccc(OCC)c(C)c1)NCC1(C)CCCO1. The monoisotopic (exact) mass is 333 g/mol. The maximum absolute atomic E-state index is 5.82. The number of aryl methyl sites for hydroxylation is 1. The lowest BCUT2D eigenvalue weighted by Crippen LogP contribution is -2.45. The van der Waals surface area contributed by atoms with Crippen LogP contribution in [0, 0.1) is 6.92 Å². The Hall–Kier alpha value is -1.75. The zero-order valence-corrected chi connectivity index (χ0v) is 15.4. The molecule has 1 aromatic rings. The van der Waals surface area contributed by atoms with Gasteiger partial charge in [0.1, 0.15) is 5.75 Å². The van der Waals surface area contributed by atoms with Gasteiger partial charge in [0, 0.05) is 19.7 Å². The summed E-state index contributed by atoms with van der Waals surface area (Å²) in [5.41, 5.74) is 2.25. The Morgan fingerprint density at radius 2 is 2.17 bits per heavy atom. The van der Waals surface area contributed by atoms with Crippen LogP contribution in [0.25, 0.3) is 0 Å². The van der Waals surface area contributed by atoms with Gasteiger partial charge in [0.2, 0.25) is 0 Å². The highest BCUT2D eigenvalue weighted by Gasteiger charge is 2.29. The number of guanidine groups is 1. The predicted molar refractivity (Wildman–Crippen MR) is 98.8 cm³/mol. The zero-order valence-electron chi connectivity index (χ0n) is 15.4. The van der Waals surface area contributed by atoms with Crippen LogP contribution in [-0.2, 0) is 11.3 Å². The van der Waals surface area contributed by atoms with Gasteiger partial charge in [0.25, 0.3) is 0 Å². The van der Waals surface area contributed by atoms with E-state index in [4.69, 9.17) is 14.5 Å². The van der Waals surface area contributed by atoms with E-state index in [0.717, 1.165) is 49.8 Å². The Morgan fingerprint density at radius 1 is 1.33 bits per heavy atom. The van der Waals surface area contributed by atoms with Crippen LogP contribution in [0.1, 0.15) is 44.7 Å². The van der Waals surface area contributed by atoms with Gasteiger partial charge in [-0.25, -0.2) is 4.99 Å². The summed E-state index contributed by atoms with van der Waals surface area (Å²) in [6.45, 7) is 12.1. The fraction of sp³-hybridized carbons (Fsp3) is 0.632. The number of rotatable bonds is 7. The number of nitrogens with zero attached hydrogens (tertiary/aromatic N) is 1. The van der Waals surface area contributed by atoms with Gasteiger partial charge in [0.15, 0.2) is 5.96 Å². The first-order valence-electron chi connectivity index (χ1n) is 8.95. The summed E-state index contributed by atoms with van der Waals surface area (Å²) >= 11 is 0. The fourth-order valence-corrected chi connectivity index (χ4v) is 2.89. The average Bonchev–Trinajstić information content (AvgIpc) is 3.00. The molecule has 24 heavy (non-hydrogen) atoms. The van der Waals surface area contributed by atoms with E-state index < -0.39 is 0 Å². The molecule has 1 unspecified atom stereocenters. The number of ether oxygens (including phenoxy) is 2. The minimum atomic E-state index is -0.0775. The maximum Gasteiger partial charge on any atom is 0.191 e. The summed E-state index contributed by atoms with van der Waals surface area (Å²) in [4.78, 5) is 4.69. The largest absolute Gasteiger partial charge is 0.494 e. The molecule has 5 heteroatoms. The highest BCUT2D eigenvalue weighted by Crippen LogP contribution is 2.24. The molecule has 1 atom stereocenters. The van der Waals surface area contributed by atoms with Gasteiger partial charge in [-0.05, 0) is 57.7 Å². The van der Waals surface area contributed by atoms with Crippen LogP contribution < -0.4 is 15.4 Å². The Balaban J connectivity index is 1.95. The lowest BCUT2D eigenvalue weighted by Gasteiger charge is -2.24. The molecule has 2 N–H and O–H groups in total. The van der Waals surface area contributed by atoms with Crippen molar-refractivity contribution >= 4 is 5.96 Å². The summed E-state index contributed by atoms with van der Waals surface area (Å²) in [7, 11) is 0. The molecule has 1 aliphatic heterocycles. The molecule has 1 fully saturated rings. The van der Waals surface area contributed by atoms with Crippen LogP contribution in [0.3, 0.4) is 0 Å². The Morgan fingerprint density at radius 3 is 2.79 bits per heavy atom. The number of hydrogen-bond acceptors (Lipinski definition) is 3. The number of aliphatic imine (C=N–C) groups is 1. The third-order valence-electron chi connectivity index (χ3n) is 4.23. The summed E-state index contributed by atoms with van der Waals surface area (Å²) in [6.07, 6.45) is 2.23. The summed E-state index contributed by atoms with van der Waals surface area (Å²) in [5.74, 6) is 1.78. The van der Waals surface area contributed by atoms with Gasteiger partial charge >= 0.3 is 0 Å². The Kier molecular flexibility index (Phi) is 6.91. The highest BCUT2D eigenvalue weighted by molar-refractivity contribution is 5.79. The van der Waals surface area contributed by atoms with Crippen molar-refractivity contribution in [2.75, 3.05) is 26.3 Å². The average molecular weight is 333 g/mol. The molecule has 134 valence electrons. The van der Waals surface area contributed by atoms with E-state index in [1.807, 2.05) is 13.0 Å². The number of hydrogen-bond donors (Lipinski definition) is 2. The molecule has 0 amide bonds. The van der Waals surface area contributed by atoms with Gasteiger partial charge in [-0.1, -0.05) is 12.1 Å². The van der Waals surface area contributed by atoms with E-state index in [-0.39, 0.29) is 5.60 Å². The van der Waals surface area contributed by atoms with Gasteiger partial charge in [-0.2, -0.15) is 0 Å². The molecule has 0 aliphatic carbocycles. The minimum Gasteiger partial charge on any atom is -0.494 e. The van der Waals surface area contributed by atoms with Crippen molar-refractivity contribution in [2.24, 2.45) is 4.99 Å². The number of nitrogens with one attached hydrogen (secondary N) is 2. The second-order valence-corrected chi connectivity index (χ2v) is 6.48. The molecular weight excluding hydrogens is 302 g/mol. The first-order chi connectivity index (χ1) is 11.6. The van der Waals surface area contributed by atoms with Gasteiger partial charge in [0.05, 0.1) is 18.8 Å². The molecule has 0 saturated carbocycles. The summed E-state index contributed by atoms with van der Waals surface area (Å²) < 4.78 is 11.4. The third-order valence-corrected chi connectivity index (χ3v) is 4.23. The van der Waals surface area contributed by atoms with Crippen LogP contribution in [0.5, 0.6) is 5.75 Å². The zero-order chi connectivity index (χ0) is 17.4. The van der Waals surface area contributed by atoms with E-state index in [0.29, 0.717) is 13.2 Å². The lowest BCUT2D eigenvalue weighted by atomic mass is 10.0. The molecule has 0 bridgehead atoms. The molecule has 1 aromatic carbocycles. The maximum atomic E-state index is 5.82. The van der Waals surface area contributed by atoms with E-state index in [2.05, 4.69) is 43.5 Å². The molecule has 2 rings (SSSR count). The molecule has 0 radical (unpaired) electrons. The number of benzene rings is 1. The van der Waals surface area contributed by atoms with Gasteiger partial charge in [-0.3, -0.25) is 0 Å². The lowest BCUT2D eigenvalue weighted by molar-refractivity contribution is 0.0243. The van der Waals surface area contributed by atoms with Crippen LogP contribution in [0.15, 0.2) is 23.2 Å². The first kappa shape index (κ1) is 18.6. The first-order valence-corrected chi connectivity index (χ1v) is 8.95. The van der Waals surface area contributed by atoms with Crippen LogP contribution in [0.4, 0.5) is 0 Å². The van der Waals surface area contributed by atoms with Crippen molar-refractivity contribution in [1.82, 2.24) is 10.6 Å². The quantitative estimate of drug-likeness (QED) is 0.595. The molecular formula is C19H31N3O2. The topological polar surface area (TPSA) is 54.9 Å². The molecule has 0 aromatic heterocycles. The summed E-state index contributed by atoms with van der Waals surface area (Å²) in [5, 5.41) is 6.71. The molecule has 1 aliphatic rings. The fourth-order valence-electron chi connectivity index (χ4n) is 2.89. The van der Waals surface area contributed by atoms with Crippen molar-refractivity contribution in [3.63, 3.8) is 0 Å². The second kappa shape index (κ2) is 8.92. The molecule has 0 spiro atoms. The Bertz CT molecular complexity index is 552. The van der Waals surface area contributed by atoms with Crippen LogP contribution in [0.2, 0.25) is 0 Å². The van der Waals surface area contributed by atoms with Crippen molar-refractivity contribution in [3.8, 4) is 5.75 Å². The van der Waals surface area contributed by atoms with Gasteiger partial charge in [-0.15, -0.1) is 0 Å². The third kappa shape index (κ3) is 5.41. The van der Waals surface area contributed by atoms with E-state index in [1.165, 1.54) is 5.56 Å². The molecule has 1 saturated heterocycles. The van der Waals surface area contributed by atoms with Crippen molar-refractivity contribution in [1.29, 1.82) is 0 Å². The van der Waals surface area contributed by atoms with E-state index >= 15 is 0 Å². The van der Waals surface area contributed by atoms with Crippen molar-refractivity contribution < 1.29 is 9.47 Å². The minimum absolute atomic E-state index is 0.0775.